The Hall–Kier alpha value is -0.292. The van der Waals surface area contributed by atoms with Crippen LogP contribution < -0.4 is 4.48 Å². The van der Waals surface area contributed by atoms with Gasteiger partial charge in [0.05, 0.1) is 0 Å². The maximum absolute atomic E-state index is 4.21. The Morgan fingerprint density at radius 2 is 2.00 bits per heavy atom. The number of pyridine rings is 1. The zero-order valence-corrected chi connectivity index (χ0v) is 7.43. The molecule has 0 atom stereocenters. The summed E-state index contributed by atoms with van der Waals surface area (Å²) in [4.78, 5) is 4.21. The molecule has 0 aliphatic rings. The predicted molar refractivity (Wildman–Crippen MR) is 39.1 cm³/mol. The van der Waals surface area contributed by atoms with Gasteiger partial charge in [0.25, 0.3) is 0 Å². The van der Waals surface area contributed by atoms with Crippen LogP contribution in [0.2, 0.25) is 0 Å². The summed E-state index contributed by atoms with van der Waals surface area (Å²) in [5.74, 6) is 0. The summed E-state index contributed by atoms with van der Waals surface area (Å²) in [6.07, 6.45) is 0. The first kappa shape index (κ1) is 6.82. The van der Waals surface area contributed by atoms with Crippen LogP contribution in [0.15, 0.2) is 12.1 Å². The zero-order valence-electron chi connectivity index (χ0n) is 5.55. The quantitative estimate of drug-likeness (QED) is 0.531. The van der Waals surface area contributed by atoms with Crippen LogP contribution in [0.25, 0.3) is 0 Å². The van der Waals surface area contributed by atoms with Crippen LogP contribution in [0.5, 0.6) is 0 Å². The van der Waals surface area contributed by atoms with Crippen LogP contribution in [0.1, 0.15) is 11.3 Å². The molecule has 2 radical (unpaired) electrons. The Kier molecular flexibility index (Phi) is 1.92. The van der Waals surface area contributed by atoms with E-state index in [1.807, 2.05) is 13.0 Å². The molecule has 1 aromatic heterocycles. The van der Waals surface area contributed by atoms with E-state index in [1.54, 1.807) is 0 Å². The molecule has 0 N–H and O–H groups in total. The molecule has 0 aromatic carbocycles. The molecule has 0 unspecified atom stereocenters. The molecule has 0 saturated heterocycles. The van der Waals surface area contributed by atoms with Crippen molar-refractivity contribution in [1.82, 2.24) is 4.98 Å². The van der Waals surface area contributed by atoms with Crippen molar-refractivity contribution in [3.05, 3.63) is 23.4 Å². The number of hydrogen-bond donors (Lipinski definition) is 0. The van der Waals surface area contributed by atoms with Gasteiger partial charge < -0.3 is 0 Å². The average molecular weight is 181 g/mol. The molecule has 1 heterocycles. The van der Waals surface area contributed by atoms with Crippen molar-refractivity contribution in [3.8, 4) is 0 Å². The fourth-order valence-corrected chi connectivity index (χ4v) is 1.58. The number of rotatable bonds is 0. The van der Waals surface area contributed by atoms with E-state index in [9.17, 15) is 0 Å². The molecule has 1 rings (SSSR count). The van der Waals surface area contributed by atoms with E-state index in [0.717, 1.165) is 10.2 Å². The Labute approximate surface area is 64.0 Å². The summed E-state index contributed by atoms with van der Waals surface area (Å²) in [5.41, 5.74) is 2.36. The van der Waals surface area contributed by atoms with Gasteiger partial charge in [0.2, 0.25) is 0 Å². The molecule has 0 saturated carbocycles. The molecule has 0 spiro atoms. The Morgan fingerprint density at radius 1 is 1.33 bits per heavy atom. The summed E-state index contributed by atoms with van der Waals surface area (Å²) in [6.45, 7) is 4.08. The van der Waals surface area contributed by atoms with Gasteiger partial charge in [-0.05, 0) is 0 Å². The van der Waals surface area contributed by atoms with Gasteiger partial charge in [0, 0.05) is 0 Å². The normalized spacial score (nSPS) is 9.67. The Morgan fingerprint density at radius 3 is 2.44 bits per heavy atom. The van der Waals surface area contributed by atoms with Gasteiger partial charge in [-0.15, -0.1) is 0 Å². The van der Waals surface area contributed by atoms with Gasteiger partial charge in [-0.25, -0.2) is 0 Å². The number of hydrogen-bond acceptors (Lipinski definition) is 1. The Balaban J connectivity index is 3.17. The molecule has 46 valence electrons. The van der Waals surface area contributed by atoms with Gasteiger partial charge in [0.15, 0.2) is 0 Å². The first-order valence-electron chi connectivity index (χ1n) is 2.83. The second kappa shape index (κ2) is 2.53. The molecule has 9 heavy (non-hydrogen) atoms. The molecule has 0 amide bonds. The predicted octanol–water partition coefficient (Wildman–Crippen LogP) is 0.492. The van der Waals surface area contributed by atoms with E-state index < -0.39 is 0 Å². The Bertz CT molecular complexity index is 170. The van der Waals surface area contributed by atoms with Crippen molar-refractivity contribution >= 4 is 21.3 Å². The van der Waals surface area contributed by atoms with E-state index in [2.05, 4.69) is 34.8 Å². The zero-order chi connectivity index (χ0) is 6.85. The van der Waals surface area contributed by atoms with Crippen LogP contribution in [-0.4, -0.2) is 21.8 Å². The number of aryl methyl sites for hydroxylation is 2. The van der Waals surface area contributed by atoms with Crippen LogP contribution in [0.3, 0.4) is 0 Å². The van der Waals surface area contributed by atoms with Gasteiger partial charge in [0.1, 0.15) is 0 Å². The van der Waals surface area contributed by atoms with Gasteiger partial charge in [-0.1, -0.05) is 0 Å². The molecule has 0 bridgehead atoms. The van der Waals surface area contributed by atoms with Crippen LogP contribution in [0.4, 0.5) is 0 Å². The van der Waals surface area contributed by atoms with Crippen molar-refractivity contribution in [1.29, 1.82) is 0 Å². The summed E-state index contributed by atoms with van der Waals surface area (Å²) in [7, 11) is 0. The molecule has 0 aliphatic heterocycles. The molecule has 0 aliphatic carbocycles. The topological polar surface area (TPSA) is 12.9 Å². The maximum atomic E-state index is 4.21. The molecule has 0 fully saturated rings. The molecule has 2 heteroatoms. The minimum atomic E-state index is 1.04. The van der Waals surface area contributed by atoms with Crippen molar-refractivity contribution in [2.45, 2.75) is 13.8 Å². The molecule has 1 nitrogen and oxygen atoms in total. The third kappa shape index (κ3) is 1.83. The van der Waals surface area contributed by atoms with Crippen molar-refractivity contribution < 1.29 is 0 Å². The number of aromatic nitrogens is 1. The van der Waals surface area contributed by atoms with Crippen molar-refractivity contribution in [2.24, 2.45) is 0 Å². The summed E-state index contributed by atoms with van der Waals surface area (Å²) in [6, 6.07) is 4.12. The fraction of sp³-hybridized carbons (Fsp3) is 0.286. The first-order chi connectivity index (χ1) is 4.18. The van der Waals surface area contributed by atoms with E-state index in [1.165, 1.54) is 5.56 Å². The van der Waals surface area contributed by atoms with Gasteiger partial charge >= 0.3 is 63.6 Å². The first-order valence-corrected chi connectivity index (χ1v) is 3.76. The molecular formula is C7H8AsN. The van der Waals surface area contributed by atoms with E-state index in [-0.39, 0.29) is 0 Å². The van der Waals surface area contributed by atoms with E-state index >= 15 is 0 Å². The van der Waals surface area contributed by atoms with Gasteiger partial charge in [-0.3, -0.25) is 0 Å². The van der Waals surface area contributed by atoms with Gasteiger partial charge in [-0.2, -0.15) is 0 Å². The third-order valence-electron chi connectivity index (χ3n) is 1.08. The monoisotopic (exact) mass is 181 g/mol. The van der Waals surface area contributed by atoms with Crippen LogP contribution >= 0.6 is 0 Å². The van der Waals surface area contributed by atoms with Crippen LogP contribution in [0, 0.1) is 13.8 Å². The second-order valence-electron chi connectivity index (χ2n) is 2.14. The van der Waals surface area contributed by atoms with Crippen molar-refractivity contribution in [3.63, 3.8) is 0 Å². The SMILES string of the molecule is Cc1cc(C)nc([As])c1. The molecular weight excluding hydrogens is 173 g/mol. The summed E-state index contributed by atoms with van der Waals surface area (Å²) >= 11 is 2.44. The molecule has 1 aromatic rings. The van der Waals surface area contributed by atoms with Crippen LogP contribution in [-0.2, 0) is 0 Å². The minimum absolute atomic E-state index is 1.04. The second-order valence-corrected chi connectivity index (χ2v) is 3.11. The van der Waals surface area contributed by atoms with E-state index in [0.29, 0.717) is 0 Å². The van der Waals surface area contributed by atoms with E-state index in [4.69, 9.17) is 0 Å². The summed E-state index contributed by atoms with van der Waals surface area (Å²) < 4.78 is 1.04. The van der Waals surface area contributed by atoms with Crippen molar-refractivity contribution in [2.75, 3.05) is 0 Å². The summed E-state index contributed by atoms with van der Waals surface area (Å²) in [5, 5.41) is 0. The fourth-order valence-electron chi connectivity index (χ4n) is 0.820. The third-order valence-corrected chi connectivity index (χ3v) is 1.56. The number of nitrogens with zero attached hydrogens (tertiary/aromatic N) is 1. The standard InChI is InChI=1S/C7H8AsN/c1-5-3-6(2)9-7(8)4-5/h3-4H,1-2H3. The average Bonchev–Trinajstić information content (AvgIpc) is 1.59.